The van der Waals surface area contributed by atoms with Crippen molar-refractivity contribution in [2.75, 3.05) is 36.4 Å². The molecule has 1 aliphatic heterocycles. The third kappa shape index (κ3) is 3.85. The average Bonchev–Trinajstić information content (AvgIpc) is 2.69. The molecule has 6 heteroatoms. The van der Waals surface area contributed by atoms with Gasteiger partial charge >= 0.3 is 0 Å². The molecule has 0 aliphatic carbocycles. The molecule has 2 heterocycles. The molecular weight excluding hydrogens is 328 g/mol. The van der Waals surface area contributed by atoms with Gasteiger partial charge in [-0.2, -0.15) is 0 Å². The Morgan fingerprint density at radius 2 is 1.62 bits per heavy atom. The number of hydrogen-bond acceptors (Lipinski definition) is 4. The first kappa shape index (κ1) is 17.9. The summed E-state index contributed by atoms with van der Waals surface area (Å²) in [6.45, 7) is 5.94. The average molecular weight is 352 g/mol. The minimum absolute atomic E-state index is 0.147. The van der Waals surface area contributed by atoms with E-state index in [0.29, 0.717) is 31.9 Å². The Bertz CT molecular complexity index is 754. The highest BCUT2D eigenvalue weighted by Gasteiger charge is 2.40. The minimum atomic E-state index is -1.12. The lowest BCUT2D eigenvalue weighted by molar-refractivity contribution is -0.146. The van der Waals surface area contributed by atoms with Gasteiger partial charge in [0.1, 0.15) is 11.2 Å². The van der Waals surface area contributed by atoms with Gasteiger partial charge in [0.05, 0.1) is 0 Å². The number of nitrogens with zero attached hydrogens (tertiary/aromatic N) is 3. The number of benzene rings is 1. The number of piperazine rings is 1. The summed E-state index contributed by atoms with van der Waals surface area (Å²) < 4.78 is 0. The number of pyridine rings is 1. The Hall–Kier alpha value is -2.89. The second kappa shape index (κ2) is 7.56. The van der Waals surface area contributed by atoms with Crippen LogP contribution in [0.25, 0.3) is 0 Å². The Balaban J connectivity index is 1.60. The van der Waals surface area contributed by atoms with Crippen LogP contribution in [-0.4, -0.2) is 47.9 Å². The number of para-hydroxylation sites is 1. The summed E-state index contributed by atoms with van der Waals surface area (Å²) in [5.74, 6) is 0.480. The minimum Gasteiger partial charge on any atom is -0.353 e. The summed E-state index contributed by atoms with van der Waals surface area (Å²) >= 11 is 0. The van der Waals surface area contributed by atoms with Crippen LogP contribution in [0.15, 0.2) is 54.7 Å². The largest absolute Gasteiger partial charge is 0.353 e. The maximum Gasteiger partial charge on any atom is 0.239 e. The molecule has 0 unspecified atom stereocenters. The van der Waals surface area contributed by atoms with Crippen LogP contribution in [0, 0.1) is 5.41 Å². The van der Waals surface area contributed by atoms with E-state index in [0.717, 1.165) is 5.82 Å². The number of rotatable bonds is 4. The maximum atomic E-state index is 12.9. The maximum absolute atomic E-state index is 12.9. The smallest absolute Gasteiger partial charge is 0.239 e. The zero-order chi connectivity index (χ0) is 18.6. The van der Waals surface area contributed by atoms with Gasteiger partial charge in [0.25, 0.3) is 0 Å². The van der Waals surface area contributed by atoms with Gasteiger partial charge in [0.2, 0.25) is 11.8 Å². The molecule has 0 spiro atoms. The molecule has 1 fully saturated rings. The molecule has 3 rings (SSSR count). The fraction of sp³-hybridized carbons (Fsp3) is 0.350. The van der Waals surface area contributed by atoms with Crippen LogP contribution in [0.5, 0.6) is 0 Å². The van der Waals surface area contributed by atoms with Gasteiger partial charge in [-0.25, -0.2) is 4.98 Å². The summed E-state index contributed by atoms with van der Waals surface area (Å²) in [5.41, 5.74) is -0.429. The van der Waals surface area contributed by atoms with E-state index in [1.54, 1.807) is 24.9 Å². The Kier molecular flexibility index (Phi) is 5.21. The van der Waals surface area contributed by atoms with Crippen LogP contribution in [0.4, 0.5) is 11.5 Å². The van der Waals surface area contributed by atoms with Crippen molar-refractivity contribution in [3.05, 3.63) is 54.7 Å². The van der Waals surface area contributed by atoms with Crippen molar-refractivity contribution in [2.24, 2.45) is 5.41 Å². The van der Waals surface area contributed by atoms with E-state index in [-0.39, 0.29) is 11.8 Å². The topological polar surface area (TPSA) is 65.5 Å². The second-order valence-electron chi connectivity index (χ2n) is 6.91. The summed E-state index contributed by atoms with van der Waals surface area (Å²) in [6, 6.07) is 15.0. The molecule has 1 N–H and O–H groups in total. The number of amides is 2. The van der Waals surface area contributed by atoms with Gasteiger partial charge in [-0.05, 0) is 38.1 Å². The molecule has 0 bridgehead atoms. The second-order valence-corrected chi connectivity index (χ2v) is 6.91. The van der Waals surface area contributed by atoms with Crippen LogP contribution in [0.1, 0.15) is 13.8 Å². The Morgan fingerprint density at radius 1 is 0.962 bits per heavy atom. The molecule has 0 atom stereocenters. The number of carbonyl (C=O) groups excluding carboxylic acids is 2. The molecule has 136 valence electrons. The first-order valence-electron chi connectivity index (χ1n) is 8.80. The highest BCUT2D eigenvalue weighted by Crippen LogP contribution is 2.23. The third-order valence-electron chi connectivity index (χ3n) is 4.67. The third-order valence-corrected chi connectivity index (χ3v) is 4.67. The molecule has 0 saturated carbocycles. The molecule has 26 heavy (non-hydrogen) atoms. The van der Waals surface area contributed by atoms with Crippen LogP contribution in [-0.2, 0) is 9.59 Å². The van der Waals surface area contributed by atoms with E-state index in [9.17, 15) is 9.59 Å². The van der Waals surface area contributed by atoms with Crippen molar-refractivity contribution in [1.29, 1.82) is 0 Å². The van der Waals surface area contributed by atoms with Gasteiger partial charge in [-0.15, -0.1) is 0 Å². The molecule has 6 nitrogen and oxygen atoms in total. The fourth-order valence-corrected chi connectivity index (χ4v) is 2.98. The number of anilines is 2. The first-order valence-corrected chi connectivity index (χ1v) is 8.80. The van der Waals surface area contributed by atoms with Gasteiger partial charge < -0.3 is 15.1 Å². The van der Waals surface area contributed by atoms with E-state index in [1.807, 2.05) is 48.5 Å². The molecule has 1 aliphatic rings. The first-order chi connectivity index (χ1) is 12.5. The molecule has 1 aromatic heterocycles. The van der Waals surface area contributed by atoms with E-state index in [2.05, 4.69) is 15.2 Å². The zero-order valence-corrected chi connectivity index (χ0v) is 15.2. The molecule has 1 aromatic carbocycles. The summed E-state index contributed by atoms with van der Waals surface area (Å²) in [7, 11) is 0. The Labute approximate surface area is 153 Å². The van der Waals surface area contributed by atoms with E-state index in [1.165, 1.54) is 0 Å². The van der Waals surface area contributed by atoms with Crippen LogP contribution in [0.3, 0.4) is 0 Å². The number of carbonyl (C=O) groups is 2. The molecule has 1 saturated heterocycles. The SMILES string of the molecule is CC(C)(C(=O)Nc1ccccc1)C(=O)N1CCN(c2ccccn2)CC1. The summed E-state index contributed by atoms with van der Waals surface area (Å²) in [5, 5.41) is 2.83. The monoisotopic (exact) mass is 352 g/mol. The quantitative estimate of drug-likeness (QED) is 0.858. The van der Waals surface area contributed by atoms with Crippen molar-refractivity contribution < 1.29 is 9.59 Å². The number of hydrogen-bond donors (Lipinski definition) is 1. The zero-order valence-electron chi connectivity index (χ0n) is 15.2. The summed E-state index contributed by atoms with van der Waals surface area (Å²) in [6.07, 6.45) is 1.77. The lowest BCUT2D eigenvalue weighted by Gasteiger charge is -2.38. The van der Waals surface area contributed by atoms with Crippen LogP contribution < -0.4 is 10.2 Å². The summed E-state index contributed by atoms with van der Waals surface area (Å²) in [4.78, 5) is 33.8. The van der Waals surface area contributed by atoms with Crippen molar-refractivity contribution in [2.45, 2.75) is 13.8 Å². The molecule has 2 amide bonds. The lowest BCUT2D eigenvalue weighted by Crippen LogP contribution is -2.54. The van der Waals surface area contributed by atoms with E-state index < -0.39 is 5.41 Å². The van der Waals surface area contributed by atoms with Crippen LogP contribution in [0.2, 0.25) is 0 Å². The van der Waals surface area contributed by atoms with Crippen LogP contribution >= 0.6 is 0 Å². The van der Waals surface area contributed by atoms with Crippen molar-refractivity contribution in [3.63, 3.8) is 0 Å². The molecule has 2 aromatic rings. The van der Waals surface area contributed by atoms with E-state index in [4.69, 9.17) is 0 Å². The highest BCUT2D eigenvalue weighted by atomic mass is 16.2. The highest BCUT2D eigenvalue weighted by molar-refractivity contribution is 6.09. The van der Waals surface area contributed by atoms with Gasteiger partial charge in [0, 0.05) is 38.1 Å². The predicted molar refractivity (Wildman–Crippen MR) is 102 cm³/mol. The lowest BCUT2D eigenvalue weighted by atomic mass is 9.89. The standard InChI is InChI=1S/C20H24N4O2/c1-20(2,18(25)22-16-8-4-3-5-9-16)19(26)24-14-12-23(13-15-24)17-10-6-7-11-21-17/h3-11H,12-15H2,1-2H3,(H,22,25). The molecule has 0 radical (unpaired) electrons. The van der Waals surface area contributed by atoms with Gasteiger partial charge in [-0.1, -0.05) is 24.3 Å². The normalized spacial score (nSPS) is 14.8. The fourth-order valence-electron chi connectivity index (χ4n) is 2.98. The van der Waals surface area contributed by atoms with Crippen molar-refractivity contribution >= 4 is 23.3 Å². The number of aromatic nitrogens is 1. The van der Waals surface area contributed by atoms with Gasteiger partial charge in [0.15, 0.2) is 0 Å². The van der Waals surface area contributed by atoms with E-state index >= 15 is 0 Å². The number of nitrogens with one attached hydrogen (secondary N) is 1. The predicted octanol–water partition coefficient (Wildman–Crippen LogP) is 2.40. The molecular formula is C20H24N4O2. The Morgan fingerprint density at radius 3 is 2.23 bits per heavy atom. The van der Waals surface area contributed by atoms with Crippen molar-refractivity contribution in [1.82, 2.24) is 9.88 Å². The van der Waals surface area contributed by atoms with Crippen molar-refractivity contribution in [3.8, 4) is 0 Å². The van der Waals surface area contributed by atoms with Gasteiger partial charge in [-0.3, -0.25) is 9.59 Å².